The lowest BCUT2D eigenvalue weighted by Gasteiger charge is -2.39. The molecule has 0 bridgehead atoms. The number of hydroxylamine groups is 6. The predicted molar refractivity (Wildman–Crippen MR) is 133 cm³/mol. The van der Waals surface area contributed by atoms with Gasteiger partial charge in [-0.25, -0.2) is 0 Å². The highest BCUT2D eigenvalue weighted by Crippen LogP contribution is 2.33. The van der Waals surface area contributed by atoms with Gasteiger partial charge in [0.25, 0.3) is 0 Å². The first-order valence-electron chi connectivity index (χ1n) is 12.3. The van der Waals surface area contributed by atoms with Crippen molar-refractivity contribution >= 4 is 21.5 Å². The lowest BCUT2D eigenvalue weighted by atomic mass is 9.86. The molecule has 0 N–H and O–H groups in total. The fraction of sp³-hybridized carbons (Fsp3) is 0.481. The molecule has 0 amide bonds. The first-order valence-corrected chi connectivity index (χ1v) is 12.3. The Kier molecular flexibility index (Phi) is 8.67. The van der Waals surface area contributed by atoms with Gasteiger partial charge in [0.2, 0.25) is 0 Å². The highest BCUT2D eigenvalue weighted by Gasteiger charge is 2.24. The molecule has 0 atom stereocenters. The maximum atomic E-state index is 5.43. The summed E-state index contributed by atoms with van der Waals surface area (Å²) in [6.45, 7) is 9.78. The van der Waals surface area contributed by atoms with Crippen molar-refractivity contribution in [2.45, 2.75) is 46.5 Å². The zero-order valence-corrected chi connectivity index (χ0v) is 20.3. The fourth-order valence-electron chi connectivity index (χ4n) is 4.80. The van der Waals surface area contributed by atoms with Crippen LogP contribution in [-0.2, 0) is 27.4 Å². The summed E-state index contributed by atoms with van der Waals surface area (Å²) in [7, 11) is 0. The molecule has 0 spiro atoms. The van der Waals surface area contributed by atoms with Crippen molar-refractivity contribution in [1.82, 2.24) is 15.2 Å². The van der Waals surface area contributed by atoms with Crippen LogP contribution in [0.2, 0.25) is 0 Å². The minimum Gasteiger partial charge on any atom is -0.297 e. The second-order valence-corrected chi connectivity index (χ2v) is 8.42. The van der Waals surface area contributed by atoms with E-state index in [1.165, 1.54) is 47.2 Å². The molecule has 1 saturated heterocycles. The van der Waals surface area contributed by atoms with E-state index in [-0.39, 0.29) is 0 Å². The molecule has 5 rings (SSSR count). The number of hydrogen-bond donors (Lipinski definition) is 0. The Morgan fingerprint density at radius 2 is 1.18 bits per heavy atom. The van der Waals surface area contributed by atoms with Crippen molar-refractivity contribution < 1.29 is 14.5 Å². The molecule has 33 heavy (non-hydrogen) atoms. The van der Waals surface area contributed by atoms with E-state index in [1.54, 1.807) is 11.1 Å². The Morgan fingerprint density at radius 1 is 0.606 bits per heavy atom. The summed E-state index contributed by atoms with van der Waals surface area (Å²) in [6.07, 6.45) is 5.22. The van der Waals surface area contributed by atoms with Crippen molar-refractivity contribution in [2.75, 3.05) is 39.8 Å². The van der Waals surface area contributed by atoms with Crippen LogP contribution in [0.1, 0.15) is 44.7 Å². The lowest BCUT2D eigenvalue weighted by molar-refractivity contribution is -0.363. The van der Waals surface area contributed by atoms with Gasteiger partial charge >= 0.3 is 0 Å². The zero-order valence-electron chi connectivity index (χ0n) is 20.3. The minimum absolute atomic E-state index is 0.644. The van der Waals surface area contributed by atoms with Gasteiger partial charge in [0.05, 0.1) is 19.8 Å². The SMILES string of the molecule is CCON1CN(OCC)CN(OCC)C1.c1ccc2c(c1)ccc1c3c(ccc12)CCCC3. The quantitative estimate of drug-likeness (QED) is 0.461. The summed E-state index contributed by atoms with van der Waals surface area (Å²) >= 11 is 0. The minimum atomic E-state index is 0.644. The van der Waals surface area contributed by atoms with Gasteiger partial charge in [0, 0.05) is 0 Å². The molecule has 0 radical (unpaired) electrons. The molecule has 178 valence electrons. The molecule has 1 aliphatic carbocycles. The largest absolute Gasteiger partial charge is 0.297 e. The van der Waals surface area contributed by atoms with Crippen molar-refractivity contribution in [3.05, 3.63) is 59.7 Å². The summed E-state index contributed by atoms with van der Waals surface area (Å²) < 4.78 is 0. The van der Waals surface area contributed by atoms with Gasteiger partial charge in [0.15, 0.2) is 0 Å². The van der Waals surface area contributed by atoms with E-state index in [9.17, 15) is 0 Å². The van der Waals surface area contributed by atoms with Crippen LogP contribution in [0, 0.1) is 0 Å². The zero-order chi connectivity index (χ0) is 23.0. The number of hydrogen-bond acceptors (Lipinski definition) is 6. The maximum absolute atomic E-state index is 5.43. The molecule has 0 aromatic heterocycles. The molecule has 6 nitrogen and oxygen atoms in total. The third kappa shape index (κ3) is 5.90. The van der Waals surface area contributed by atoms with Crippen LogP contribution < -0.4 is 0 Å². The first kappa shape index (κ1) is 24.1. The predicted octanol–water partition coefficient (Wildman–Crippen LogP) is 5.50. The molecule has 1 aliphatic heterocycles. The van der Waals surface area contributed by atoms with Crippen LogP contribution in [0.3, 0.4) is 0 Å². The fourth-order valence-corrected chi connectivity index (χ4v) is 4.80. The van der Waals surface area contributed by atoms with Gasteiger partial charge < -0.3 is 0 Å². The third-order valence-electron chi connectivity index (χ3n) is 6.14. The average molecular weight is 452 g/mol. The number of rotatable bonds is 6. The standard InChI is InChI=1S/C18H16.C9H21N3O3/c1-3-7-15-13(5-1)9-11-18-16-8-4-2-6-14(16)10-12-17(15)18;1-4-13-10-7-11(14-5-2)9-12(8-10)15-6-3/h1,3,5,7,9-12H,2,4,6,8H2;4-9H2,1-3H3. The van der Waals surface area contributed by atoms with Crippen LogP contribution in [0.4, 0.5) is 0 Å². The molecule has 2 aliphatic rings. The van der Waals surface area contributed by atoms with E-state index in [0.717, 1.165) is 0 Å². The summed E-state index contributed by atoms with van der Waals surface area (Å²) in [5.41, 5.74) is 3.17. The van der Waals surface area contributed by atoms with E-state index >= 15 is 0 Å². The number of fused-ring (bicyclic) bond motifs is 5. The third-order valence-corrected chi connectivity index (χ3v) is 6.14. The number of nitrogens with zero attached hydrogens (tertiary/aromatic N) is 3. The van der Waals surface area contributed by atoms with E-state index in [4.69, 9.17) is 14.5 Å². The molecular weight excluding hydrogens is 414 g/mol. The topological polar surface area (TPSA) is 37.4 Å². The van der Waals surface area contributed by atoms with Gasteiger partial charge in [-0.1, -0.05) is 48.5 Å². The summed E-state index contributed by atoms with van der Waals surface area (Å²) in [5.74, 6) is 0. The molecule has 6 heteroatoms. The van der Waals surface area contributed by atoms with Crippen molar-refractivity contribution in [3.8, 4) is 0 Å². The lowest BCUT2D eigenvalue weighted by Crippen LogP contribution is -2.54. The molecule has 0 saturated carbocycles. The second kappa shape index (κ2) is 11.9. The first-order chi connectivity index (χ1) is 16.2. The van der Waals surface area contributed by atoms with Crippen LogP contribution >= 0.6 is 0 Å². The summed E-state index contributed by atoms with van der Waals surface area (Å²) in [6, 6.07) is 18.0. The van der Waals surface area contributed by atoms with Crippen LogP contribution in [0.5, 0.6) is 0 Å². The monoisotopic (exact) mass is 451 g/mol. The second-order valence-electron chi connectivity index (χ2n) is 8.42. The molecule has 3 aromatic rings. The highest BCUT2D eigenvalue weighted by atomic mass is 16.8. The van der Waals surface area contributed by atoms with E-state index in [1.807, 2.05) is 36.0 Å². The Morgan fingerprint density at radius 3 is 1.82 bits per heavy atom. The summed E-state index contributed by atoms with van der Waals surface area (Å²) in [5, 5.41) is 11.1. The van der Waals surface area contributed by atoms with Gasteiger partial charge in [-0.15, -0.1) is 0 Å². The van der Waals surface area contributed by atoms with Gasteiger partial charge in [0.1, 0.15) is 20.0 Å². The van der Waals surface area contributed by atoms with Crippen molar-refractivity contribution in [1.29, 1.82) is 0 Å². The normalized spacial score (nSPS) is 17.7. The van der Waals surface area contributed by atoms with Gasteiger partial charge in [-0.3, -0.25) is 14.5 Å². The molecule has 3 aromatic carbocycles. The Bertz CT molecular complexity index is 1010. The Hall–Kier alpha value is -2.06. The van der Waals surface area contributed by atoms with Crippen LogP contribution in [0.25, 0.3) is 21.5 Å². The van der Waals surface area contributed by atoms with Gasteiger partial charge in [-0.05, 0) is 79.1 Å². The Labute approximate surface area is 197 Å². The van der Waals surface area contributed by atoms with Gasteiger partial charge in [-0.2, -0.15) is 15.2 Å². The Balaban J connectivity index is 0.000000161. The van der Waals surface area contributed by atoms with Crippen molar-refractivity contribution in [3.63, 3.8) is 0 Å². The van der Waals surface area contributed by atoms with Crippen LogP contribution in [-0.4, -0.2) is 55.0 Å². The van der Waals surface area contributed by atoms with E-state index in [2.05, 4.69) is 48.5 Å². The maximum Gasteiger partial charge on any atom is 0.103 e. The van der Waals surface area contributed by atoms with Crippen molar-refractivity contribution in [2.24, 2.45) is 0 Å². The average Bonchev–Trinajstić information content (AvgIpc) is 2.84. The number of aryl methyl sites for hydroxylation is 2. The molecule has 1 heterocycles. The smallest absolute Gasteiger partial charge is 0.103 e. The highest BCUT2D eigenvalue weighted by molar-refractivity contribution is 6.08. The summed E-state index contributed by atoms with van der Waals surface area (Å²) in [4.78, 5) is 16.3. The molecule has 0 unspecified atom stereocenters. The van der Waals surface area contributed by atoms with Crippen LogP contribution in [0.15, 0.2) is 48.5 Å². The number of benzene rings is 3. The molecule has 1 fully saturated rings. The van der Waals surface area contributed by atoms with E-state index < -0.39 is 0 Å². The van der Waals surface area contributed by atoms with E-state index in [0.29, 0.717) is 39.8 Å². The molecular formula is C27H37N3O3.